The molecule has 3 amide bonds. The van der Waals surface area contributed by atoms with Crippen molar-refractivity contribution in [3.8, 4) is 0 Å². The maximum Gasteiger partial charge on any atom is 0.415 e. The molecule has 0 aromatic carbocycles. The third-order valence-electron chi connectivity index (χ3n) is 22.7. The number of hydrogen-bond donors (Lipinski definition) is 10. The molecule has 4 aliphatic rings. The first kappa shape index (κ1) is 106. The molecule has 8 atom stereocenters. The van der Waals surface area contributed by atoms with Gasteiger partial charge in [-0.1, -0.05) is 23.2 Å². The first-order valence-electron chi connectivity index (χ1n) is 45.4. The molecule has 137 heavy (non-hydrogen) atoms. The Morgan fingerprint density at radius 1 is 0.453 bits per heavy atom. The lowest BCUT2D eigenvalue weighted by molar-refractivity contribution is 0.0577. The van der Waals surface area contributed by atoms with E-state index in [-0.39, 0.29) is 146 Å². The van der Waals surface area contributed by atoms with E-state index < -0.39 is 41.1 Å². The molecule has 4 aliphatic carbocycles. The molecule has 4 saturated carbocycles. The molecule has 15 rings (SSSR count). The van der Waals surface area contributed by atoms with Crippen molar-refractivity contribution in [3.63, 3.8) is 0 Å². The highest BCUT2D eigenvalue weighted by atomic mass is 35.5. The molecule has 0 saturated heterocycles. The third kappa shape index (κ3) is 28.0. The van der Waals surface area contributed by atoms with Gasteiger partial charge in [0.25, 0.3) is 16.7 Å². The summed E-state index contributed by atoms with van der Waals surface area (Å²) in [7, 11) is 6.32. The van der Waals surface area contributed by atoms with Gasteiger partial charge in [-0.2, -0.15) is 38.5 Å². The number of aromatic nitrogens is 15. The predicted molar refractivity (Wildman–Crippen MR) is 521 cm³/mol. The number of pyridine rings is 3. The number of carboxylic acids is 1. The second kappa shape index (κ2) is 45.4. The SMILES string of the molecule is CC(C)n1cccc(N)c1=O.CC(C)n1cccc(Nc2cc(N(C)C(=O)OC(C)(C)C)n3ncc(C(=O)CC4CC[C@H](O)C4)c3n2)c1=O.CN(C(=O)OC(C)(C)C)c1cc(Cl)nc2c(C(=O)CC3CC[C@H](O)C3)cnn12.CN(C(=O)OC(C)(C)C)c1cc(Cl)nc2c(C(=O)O)cnn12.CNc1cc(Nc2cccn(C(C)C)c2=O)nc2c(C(=O)CC3CC[C@H](O)C3)cnn12.NC1CC[C@H](O)C1. The van der Waals surface area contributed by atoms with Gasteiger partial charge in [-0.3, -0.25) is 43.5 Å². The molecule has 0 radical (unpaired) electrons. The number of fused-ring (bicyclic) bond motifs is 4. The number of ketones is 3. The Hall–Kier alpha value is -12.8. The van der Waals surface area contributed by atoms with Crippen LogP contribution in [-0.2, 0) is 14.2 Å². The highest BCUT2D eigenvalue weighted by Crippen LogP contribution is 2.36. The fourth-order valence-electron chi connectivity index (χ4n) is 15.8. The number of nitrogens with two attached hydrogens (primary N) is 2. The van der Waals surface area contributed by atoms with Gasteiger partial charge in [0.1, 0.15) is 79.0 Å². The molecule has 11 heterocycles. The Labute approximate surface area is 801 Å². The van der Waals surface area contributed by atoms with Crippen molar-refractivity contribution in [1.82, 2.24) is 72.1 Å². The van der Waals surface area contributed by atoms with E-state index in [0.717, 1.165) is 57.6 Å². The van der Waals surface area contributed by atoms with E-state index in [1.54, 1.807) is 163 Å². The lowest BCUT2D eigenvalue weighted by Crippen LogP contribution is -2.35. The van der Waals surface area contributed by atoms with Crippen molar-refractivity contribution in [2.45, 2.75) is 266 Å². The fourth-order valence-corrected chi connectivity index (χ4v) is 16.2. The summed E-state index contributed by atoms with van der Waals surface area (Å²) in [5, 5.41) is 73.5. The minimum Gasteiger partial charge on any atom is -0.477 e. The fraction of sp³-hybridized carbons (Fsp3) is 0.511. The zero-order valence-corrected chi connectivity index (χ0v) is 82.3. The van der Waals surface area contributed by atoms with Gasteiger partial charge in [-0.05, 0) is 235 Å². The van der Waals surface area contributed by atoms with E-state index in [9.17, 15) is 63.3 Å². The number of carbonyl (C=O) groups is 7. The van der Waals surface area contributed by atoms with Crippen molar-refractivity contribution in [3.05, 3.63) is 168 Å². The number of aliphatic hydroxyl groups is 4. The Morgan fingerprint density at radius 3 is 1.08 bits per heavy atom. The zero-order valence-electron chi connectivity index (χ0n) is 80.8. The number of aromatic carboxylic acids is 1. The standard InChI is InChI=1S/C27H36N6O5.C22H28N6O3.C19H25ClN4O4.C13H15ClN4O4.C8H12N2O.C5H11NO/c1-16(2)32-11-7-8-20(25(32)36)29-22-14-23(31(6)26(37)38-27(3,4)5)33-24(30-22)19(15-28-33)21(35)13-17-9-10-18(34)12-17;1-13(2)27-8-4-5-17(22(27)31)25-19-11-20(23-3)28-21(26-19)16(12-24-28)18(30)10-14-6-7-15(29)9-14;1-19(2,3)28-18(27)23(4)16-9-15(20)22-17-13(10-21-24(16)17)14(26)8-11-5-6-12(25)7-11;1-13(2,3)22-12(21)17(4)9-5-8(14)16-10-7(11(19)20)6-15-18(9)10;1-6(2)10-5-3-4-7(9)8(10)11;6-4-1-2-5(7)3-4/h7-8,11,14-18,34H,9-10,12-13H2,1-6H3,(H,29,30);4-5,8,11-15,23,29H,6-7,9-10H2,1-3H3,(H,25,26);9-12,25H,5-8H2,1-4H3;5-6H,1-4H3,(H,19,20);3-6H,9H2,1-2H3;4-5,7H,1-3,6H2/t17?,18-;14?,15-;11?,12-;;;4?,5-/m000..0/s1. The average Bonchev–Trinajstić information content (AvgIpc) is 1.65. The number of nitrogens with zero attached hydrogens (tertiary/aromatic N) is 18. The van der Waals surface area contributed by atoms with Crippen LogP contribution in [0, 0.1) is 17.8 Å². The number of ether oxygens (including phenoxy) is 3. The molecular formula is C94H127Cl2N23O18. The molecule has 740 valence electrons. The van der Waals surface area contributed by atoms with Gasteiger partial charge in [0.15, 0.2) is 39.9 Å². The van der Waals surface area contributed by atoms with Crippen molar-refractivity contribution < 1.29 is 73.3 Å². The number of rotatable bonds is 21. The summed E-state index contributed by atoms with van der Waals surface area (Å²) < 4.78 is 26.7. The number of carbonyl (C=O) groups excluding carboxylic acids is 6. The summed E-state index contributed by atoms with van der Waals surface area (Å²) in [5.41, 5.74) is 11.4. The van der Waals surface area contributed by atoms with Gasteiger partial charge >= 0.3 is 24.2 Å². The average molecular weight is 1940 g/mol. The van der Waals surface area contributed by atoms with Crippen molar-refractivity contribution in [2.75, 3.05) is 64.6 Å². The van der Waals surface area contributed by atoms with Crippen LogP contribution in [0.15, 0.2) is 118 Å². The maximum atomic E-state index is 13.3. The van der Waals surface area contributed by atoms with Crippen molar-refractivity contribution in [2.24, 2.45) is 23.5 Å². The van der Waals surface area contributed by atoms with E-state index >= 15 is 0 Å². The number of nitrogens with one attached hydrogen (secondary N) is 3. The van der Waals surface area contributed by atoms with E-state index in [1.165, 1.54) is 66.0 Å². The largest absolute Gasteiger partial charge is 0.477 e. The van der Waals surface area contributed by atoms with E-state index in [4.69, 9.17) is 59.1 Å². The number of amides is 3. The number of halogens is 2. The molecule has 4 fully saturated rings. The molecule has 0 bridgehead atoms. The number of nitrogen functional groups attached to an aromatic ring is 1. The highest BCUT2D eigenvalue weighted by Gasteiger charge is 2.35. The lowest BCUT2D eigenvalue weighted by Gasteiger charge is -2.25. The molecule has 43 heteroatoms. The summed E-state index contributed by atoms with van der Waals surface area (Å²) in [4.78, 5) is 146. The number of anilines is 9. The third-order valence-corrected chi connectivity index (χ3v) is 23.1. The first-order chi connectivity index (χ1) is 64.3. The number of Topliss-reactive ketones (excluding diaryl/α,β-unsaturated/α-hetero) is 3. The number of carboxylic acid groups (broad SMARTS) is 1. The molecule has 12 N–H and O–H groups in total. The predicted octanol–water partition coefficient (Wildman–Crippen LogP) is 14.1. The van der Waals surface area contributed by atoms with E-state index in [2.05, 4.69) is 56.3 Å². The summed E-state index contributed by atoms with van der Waals surface area (Å²) in [6, 6.07) is 17.0. The Kier molecular flexibility index (Phi) is 35.2. The van der Waals surface area contributed by atoms with E-state index in [0.29, 0.717) is 107 Å². The highest BCUT2D eigenvalue weighted by molar-refractivity contribution is 6.30. The first-order valence-corrected chi connectivity index (χ1v) is 46.2. The van der Waals surface area contributed by atoms with Gasteiger partial charge in [0.2, 0.25) is 0 Å². The molecule has 11 aromatic rings. The Morgan fingerprint density at radius 2 is 0.766 bits per heavy atom. The Balaban J connectivity index is 0.000000179. The molecule has 11 aromatic heterocycles. The minimum absolute atomic E-state index is 0.0331. The van der Waals surface area contributed by atoms with Crippen LogP contribution in [0.5, 0.6) is 0 Å². The smallest absolute Gasteiger partial charge is 0.415 e. The van der Waals surface area contributed by atoms with Crippen LogP contribution in [0.1, 0.15) is 260 Å². The van der Waals surface area contributed by atoms with Crippen LogP contribution < -0.4 is 58.8 Å². The monoisotopic (exact) mass is 1940 g/mol. The van der Waals surface area contributed by atoms with Crippen LogP contribution in [0.25, 0.3) is 22.6 Å². The van der Waals surface area contributed by atoms with E-state index in [1.807, 2.05) is 47.6 Å². The molecular weight excluding hydrogens is 1810 g/mol. The maximum absolute atomic E-state index is 13.3. The minimum atomic E-state index is -1.18. The van der Waals surface area contributed by atoms with Gasteiger partial charge in [0.05, 0.1) is 71.6 Å². The van der Waals surface area contributed by atoms with Crippen molar-refractivity contribution >= 4 is 139 Å². The Bertz CT molecular complexity index is 6350. The van der Waals surface area contributed by atoms with Crippen molar-refractivity contribution in [1.29, 1.82) is 0 Å². The molecule has 41 nitrogen and oxygen atoms in total. The van der Waals surface area contributed by atoms with Gasteiger partial charge in [-0.15, -0.1) is 0 Å². The van der Waals surface area contributed by atoms with Gasteiger partial charge in [0, 0.05) is 114 Å². The lowest BCUT2D eigenvalue weighted by atomic mass is 9.98. The van der Waals surface area contributed by atoms with Crippen LogP contribution in [0.4, 0.5) is 66.4 Å². The van der Waals surface area contributed by atoms with Gasteiger partial charge < -0.3 is 80.9 Å². The molecule has 0 aliphatic heterocycles. The number of hydrogen-bond acceptors (Lipinski definition) is 30. The van der Waals surface area contributed by atoms with Crippen LogP contribution in [-0.4, -0.2) is 215 Å². The quantitative estimate of drug-likeness (QED) is 0.0181. The molecule has 0 spiro atoms. The van der Waals surface area contributed by atoms with Crippen LogP contribution >= 0.6 is 23.2 Å². The molecule has 4 unspecified atom stereocenters. The van der Waals surface area contributed by atoms with Crippen LogP contribution in [0.2, 0.25) is 10.3 Å². The second-order valence-corrected chi connectivity index (χ2v) is 39.1. The zero-order chi connectivity index (χ0) is 101. The number of aliphatic hydroxyl groups excluding tert-OH is 4. The van der Waals surface area contributed by atoms with Gasteiger partial charge in [-0.25, -0.2) is 39.1 Å². The summed E-state index contributed by atoms with van der Waals surface area (Å²) in [6.45, 7) is 27.5. The topological polar surface area (TPSA) is 533 Å². The second-order valence-electron chi connectivity index (χ2n) is 38.3. The summed E-state index contributed by atoms with van der Waals surface area (Å²) >= 11 is 12.1. The summed E-state index contributed by atoms with van der Waals surface area (Å²) in [5.74, 6) is 1.22. The normalized spacial score (nSPS) is 18.0. The summed E-state index contributed by atoms with van der Waals surface area (Å²) in [6.07, 6.45) is 18.0. The van der Waals surface area contributed by atoms with Crippen LogP contribution in [0.3, 0.4) is 0 Å².